The molecular weight excluding hydrogens is 264 g/mol. The maximum absolute atomic E-state index is 11.8. The summed E-state index contributed by atoms with van der Waals surface area (Å²) in [6, 6.07) is 6.39. The van der Waals surface area contributed by atoms with Crippen molar-refractivity contribution in [1.82, 2.24) is 0 Å². The molecule has 2 rings (SSSR count). The molecular formula is C14H12O4S. The first-order chi connectivity index (χ1) is 9.11. The molecule has 0 aliphatic heterocycles. The Bertz CT molecular complexity index is 602. The second-order valence-corrected chi connectivity index (χ2v) is 4.60. The van der Waals surface area contributed by atoms with Crippen LogP contribution in [0.25, 0.3) is 0 Å². The Morgan fingerprint density at radius 2 is 1.89 bits per heavy atom. The van der Waals surface area contributed by atoms with Gasteiger partial charge in [0.05, 0.1) is 12.7 Å². The van der Waals surface area contributed by atoms with E-state index in [9.17, 15) is 9.59 Å². The predicted molar refractivity (Wildman–Crippen MR) is 72.3 cm³/mol. The number of methoxy groups -OCH3 is 1. The predicted octanol–water partition coefficient (Wildman–Crippen LogP) is 3.18. The second kappa shape index (κ2) is 5.67. The summed E-state index contributed by atoms with van der Waals surface area (Å²) in [5.74, 6) is 0.129. The molecule has 0 saturated carbocycles. The van der Waals surface area contributed by atoms with Gasteiger partial charge in [0.1, 0.15) is 0 Å². The third-order valence-corrected chi connectivity index (χ3v) is 3.21. The molecule has 2 aromatic rings. The zero-order chi connectivity index (χ0) is 13.8. The number of rotatable bonds is 4. The van der Waals surface area contributed by atoms with Crippen molar-refractivity contribution < 1.29 is 19.1 Å². The van der Waals surface area contributed by atoms with Crippen molar-refractivity contribution in [3.63, 3.8) is 0 Å². The highest BCUT2D eigenvalue weighted by atomic mass is 32.1. The fraction of sp³-hybridized carbons (Fsp3) is 0.143. The van der Waals surface area contributed by atoms with Gasteiger partial charge in [-0.3, -0.25) is 4.79 Å². The van der Waals surface area contributed by atoms with E-state index in [2.05, 4.69) is 0 Å². The van der Waals surface area contributed by atoms with Crippen molar-refractivity contribution >= 4 is 23.1 Å². The summed E-state index contributed by atoms with van der Waals surface area (Å²) >= 11 is 1.42. The molecule has 0 saturated heterocycles. The van der Waals surface area contributed by atoms with Crippen LogP contribution in [-0.4, -0.2) is 18.9 Å². The number of esters is 1. The Kier molecular flexibility index (Phi) is 3.97. The highest BCUT2D eigenvalue weighted by molar-refractivity contribution is 7.08. The van der Waals surface area contributed by atoms with Crippen molar-refractivity contribution in [2.75, 3.05) is 7.11 Å². The summed E-state index contributed by atoms with van der Waals surface area (Å²) in [4.78, 5) is 23.1. The third-order valence-electron chi connectivity index (χ3n) is 2.53. The fourth-order valence-electron chi connectivity index (χ4n) is 1.51. The number of thiophene rings is 1. The zero-order valence-electron chi connectivity index (χ0n) is 10.5. The Hall–Kier alpha value is -2.14. The average Bonchev–Trinajstić information content (AvgIpc) is 2.92. The molecule has 0 amide bonds. The van der Waals surface area contributed by atoms with Gasteiger partial charge in [-0.2, -0.15) is 11.3 Å². The number of ketones is 1. The van der Waals surface area contributed by atoms with Gasteiger partial charge in [-0.25, -0.2) is 4.79 Å². The number of Topliss-reactive ketones (excluding diaryl/α,β-unsaturated/α-hetero) is 1. The summed E-state index contributed by atoms with van der Waals surface area (Å²) in [6.07, 6.45) is 0. The van der Waals surface area contributed by atoms with Gasteiger partial charge in [0.15, 0.2) is 17.3 Å². The Morgan fingerprint density at radius 1 is 1.11 bits per heavy atom. The van der Waals surface area contributed by atoms with Gasteiger partial charge in [0.25, 0.3) is 0 Å². The summed E-state index contributed by atoms with van der Waals surface area (Å²) in [5, 5.41) is 3.51. The molecule has 0 fully saturated rings. The van der Waals surface area contributed by atoms with Crippen molar-refractivity contribution in [3.8, 4) is 11.5 Å². The number of carbonyl (C=O) groups is 2. The van der Waals surface area contributed by atoms with Gasteiger partial charge in [0.2, 0.25) is 0 Å². The van der Waals surface area contributed by atoms with Crippen LogP contribution < -0.4 is 9.47 Å². The Morgan fingerprint density at radius 3 is 2.47 bits per heavy atom. The van der Waals surface area contributed by atoms with Crippen LogP contribution in [-0.2, 0) is 0 Å². The normalized spacial score (nSPS) is 10.0. The molecule has 0 atom stereocenters. The Labute approximate surface area is 114 Å². The van der Waals surface area contributed by atoms with E-state index >= 15 is 0 Å². The van der Waals surface area contributed by atoms with E-state index in [0.717, 1.165) is 0 Å². The van der Waals surface area contributed by atoms with Crippen molar-refractivity contribution in [1.29, 1.82) is 0 Å². The van der Waals surface area contributed by atoms with E-state index in [1.54, 1.807) is 35.0 Å². The summed E-state index contributed by atoms with van der Waals surface area (Å²) in [6.45, 7) is 1.46. The molecule has 1 aromatic carbocycles. The molecule has 0 spiro atoms. The monoisotopic (exact) mass is 276 g/mol. The van der Waals surface area contributed by atoms with E-state index in [-0.39, 0.29) is 5.78 Å². The van der Waals surface area contributed by atoms with Crippen LogP contribution in [0.3, 0.4) is 0 Å². The maximum Gasteiger partial charge on any atom is 0.344 e. The average molecular weight is 276 g/mol. The molecule has 0 aliphatic rings. The molecule has 0 aliphatic carbocycles. The lowest BCUT2D eigenvalue weighted by molar-refractivity contribution is 0.0730. The van der Waals surface area contributed by atoms with Crippen LogP contribution in [0, 0.1) is 0 Å². The summed E-state index contributed by atoms with van der Waals surface area (Å²) in [5.41, 5.74) is 0.995. The molecule has 0 N–H and O–H groups in total. The lowest BCUT2D eigenvalue weighted by Crippen LogP contribution is -2.08. The number of ether oxygens (including phenoxy) is 2. The molecule has 0 radical (unpaired) electrons. The minimum absolute atomic E-state index is 0.0750. The van der Waals surface area contributed by atoms with Crippen molar-refractivity contribution in [2.45, 2.75) is 6.92 Å². The molecule has 1 aromatic heterocycles. The lowest BCUT2D eigenvalue weighted by Gasteiger charge is -2.09. The molecule has 98 valence electrons. The lowest BCUT2D eigenvalue weighted by atomic mass is 10.1. The zero-order valence-corrected chi connectivity index (χ0v) is 11.3. The molecule has 4 nitrogen and oxygen atoms in total. The van der Waals surface area contributed by atoms with E-state index in [1.165, 1.54) is 25.4 Å². The highest BCUT2D eigenvalue weighted by Gasteiger charge is 2.14. The fourth-order valence-corrected chi connectivity index (χ4v) is 2.14. The number of hydrogen-bond acceptors (Lipinski definition) is 5. The van der Waals surface area contributed by atoms with E-state index in [1.807, 2.05) is 0 Å². The van der Waals surface area contributed by atoms with Gasteiger partial charge in [-0.15, -0.1) is 0 Å². The van der Waals surface area contributed by atoms with E-state index < -0.39 is 5.97 Å². The minimum Gasteiger partial charge on any atom is -0.493 e. The quantitative estimate of drug-likeness (QED) is 0.489. The third kappa shape index (κ3) is 3.00. The van der Waals surface area contributed by atoms with Crippen LogP contribution in [0.2, 0.25) is 0 Å². The van der Waals surface area contributed by atoms with Gasteiger partial charge in [-0.1, -0.05) is 0 Å². The molecule has 5 heteroatoms. The van der Waals surface area contributed by atoms with Gasteiger partial charge >= 0.3 is 5.97 Å². The number of hydrogen-bond donors (Lipinski definition) is 0. The molecule has 0 unspecified atom stereocenters. The largest absolute Gasteiger partial charge is 0.493 e. The van der Waals surface area contributed by atoms with E-state index in [0.29, 0.717) is 22.6 Å². The van der Waals surface area contributed by atoms with Crippen LogP contribution in [0.5, 0.6) is 11.5 Å². The van der Waals surface area contributed by atoms with Crippen LogP contribution in [0.1, 0.15) is 27.6 Å². The highest BCUT2D eigenvalue weighted by Crippen LogP contribution is 2.29. The first kappa shape index (κ1) is 13.3. The van der Waals surface area contributed by atoms with Crippen LogP contribution in [0.15, 0.2) is 35.0 Å². The van der Waals surface area contributed by atoms with Crippen molar-refractivity contribution in [3.05, 3.63) is 46.2 Å². The standard InChI is InChI=1S/C14H12O4S/c1-9(15)10-3-4-12(13(7-10)17-2)18-14(16)11-5-6-19-8-11/h3-8H,1-2H3. The van der Waals surface area contributed by atoms with Crippen LogP contribution in [0.4, 0.5) is 0 Å². The molecule has 1 heterocycles. The summed E-state index contributed by atoms with van der Waals surface area (Å²) < 4.78 is 10.4. The van der Waals surface area contributed by atoms with Crippen LogP contribution >= 0.6 is 11.3 Å². The Balaban J connectivity index is 2.25. The first-order valence-corrected chi connectivity index (χ1v) is 6.49. The maximum atomic E-state index is 11.8. The SMILES string of the molecule is COc1cc(C(C)=O)ccc1OC(=O)c1ccsc1. The molecule has 19 heavy (non-hydrogen) atoms. The van der Waals surface area contributed by atoms with Crippen molar-refractivity contribution in [2.24, 2.45) is 0 Å². The number of benzene rings is 1. The topological polar surface area (TPSA) is 52.6 Å². The molecule has 0 bridgehead atoms. The van der Waals surface area contributed by atoms with Gasteiger partial charge < -0.3 is 9.47 Å². The van der Waals surface area contributed by atoms with E-state index in [4.69, 9.17) is 9.47 Å². The second-order valence-electron chi connectivity index (χ2n) is 3.82. The van der Waals surface area contributed by atoms with Gasteiger partial charge in [0, 0.05) is 10.9 Å². The first-order valence-electron chi connectivity index (χ1n) is 5.55. The van der Waals surface area contributed by atoms with Gasteiger partial charge in [-0.05, 0) is 36.6 Å². The minimum atomic E-state index is -0.449. The number of carbonyl (C=O) groups excluding carboxylic acids is 2. The smallest absolute Gasteiger partial charge is 0.344 e. The summed E-state index contributed by atoms with van der Waals surface area (Å²) in [7, 11) is 1.46.